The number of unbranched alkanes of at least 4 members (excludes halogenated alkanes) is 1. The van der Waals surface area contributed by atoms with Crippen molar-refractivity contribution in [2.45, 2.75) is 31.5 Å². The van der Waals surface area contributed by atoms with Gasteiger partial charge in [0, 0.05) is 18.4 Å². The van der Waals surface area contributed by atoms with Crippen LogP contribution in [-0.2, 0) is 6.54 Å². The molecule has 0 saturated carbocycles. The largest absolute Gasteiger partial charge is 0.858 e. The quantitative estimate of drug-likeness (QED) is 0.363. The first-order valence-corrected chi connectivity index (χ1v) is 6.20. The van der Waals surface area contributed by atoms with Gasteiger partial charge in [-0.3, -0.25) is 9.36 Å². The predicted molar refractivity (Wildman–Crippen MR) is 69.8 cm³/mol. The molecule has 0 radical (unpaired) electrons. The Morgan fingerprint density at radius 3 is 2.94 bits per heavy atom. The van der Waals surface area contributed by atoms with Crippen LogP contribution >= 0.6 is 11.8 Å². The van der Waals surface area contributed by atoms with Gasteiger partial charge in [0.1, 0.15) is 0 Å². The lowest BCUT2D eigenvalue weighted by Crippen LogP contribution is -2.22. The number of quaternary nitrogens is 1. The summed E-state index contributed by atoms with van der Waals surface area (Å²) in [5.74, 6) is 0.396. The maximum Gasteiger partial charge on any atom is 0.253 e. The molecule has 0 unspecified atom stereocenters. The van der Waals surface area contributed by atoms with E-state index in [2.05, 4.69) is 18.5 Å². The van der Waals surface area contributed by atoms with E-state index in [1.165, 1.54) is 16.3 Å². The van der Waals surface area contributed by atoms with Crippen molar-refractivity contribution in [3.05, 3.63) is 29.1 Å². The summed E-state index contributed by atoms with van der Waals surface area (Å²) >= 11 is 1.44. The van der Waals surface area contributed by atoms with Crippen LogP contribution in [0.25, 0.3) is 0 Å². The molecular formula is C11H19N3O2S. The topological polar surface area (TPSA) is 94.4 Å². The fraction of sp³-hybridized carbons (Fsp3) is 0.455. The first-order chi connectivity index (χ1) is 7.69. The van der Waals surface area contributed by atoms with E-state index in [0.717, 1.165) is 24.7 Å². The second-order valence-corrected chi connectivity index (χ2v) is 4.38. The molecule has 0 fully saturated rings. The average molecular weight is 257 g/mol. The second kappa shape index (κ2) is 7.92. The van der Waals surface area contributed by atoms with Gasteiger partial charge >= 0.3 is 0 Å². The van der Waals surface area contributed by atoms with Crippen molar-refractivity contribution in [3.8, 4) is 5.88 Å². The van der Waals surface area contributed by atoms with E-state index in [4.69, 9.17) is 0 Å². The zero-order valence-electron chi connectivity index (χ0n) is 10.3. The van der Waals surface area contributed by atoms with Gasteiger partial charge in [-0.1, -0.05) is 31.2 Å². The Balaban J connectivity index is 0.00000256. The van der Waals surface area contributed by atoms with Gasteiger partial charge < -0.3 is 11.3 Å². The molecular weight excluding hydrogens is 238 g/mol. The predicted octanol–water partition coefficient (Wildman–Crippen LogP) is 1.77. The molecule has 96 valence electrons. The van der Waals surface area contributed by atoms with Crippen LogP contribution in [0.15, 0.2) is 28.7 Å². The van der Waals surface area contributed by atoms with Crippen molar-refractivity contribution in [2.24, 2.45) is 0 Å². The highest BCUT2D eigenvalue weighted by Crippen LogP contribution is 2.17. The van der Waals surface area contributed by atoms with Gasteiger partial charge in [0.15, 0.2) is 5.16 Å². The lowest BCUT2D eigenvalue weighted by molar-refractivity contribution is -0.276. The SMILES string of the molecule is C=CCn1c(SCCCC)nc([O-])cc1=O.[NH4+]. The Morgan fingerprint density at radius 2 is 2.35 bits per heavy atom. The van der Waals surface area contributed by atoms with Crippen LogP contribution in [0.5, 0.6) is 5.88 Å². The molecule has 0 aromatic carbocycles. The van der Waals surface area contributed by atoms with Crippen molar-refractivity contribution in [1.82, 2.24) is 15.7 Å². The summed E-state index contributed by atoms with van der Waals surface area (Å²) in [5.41, 5.74) is -0.307. The van der Waals surface area contributed by atoms with E-state index in [1.54, 1.807) is 6.08 Å². The average Bonchev–Trinajstić information content (AvgIpc) is 2.23. The van der Waals surface area contributed by atoms with E-state index < -0.39 is 5.88 Å². The molecule has 0 amide bonds. The van der Waals surface area contributed by atoms with Gasteiger partial charge in [0.2, 0.25) is 0 Å². The fourth-order valence-corrected chi connectivity index (χ4v) is 2.27. The molecule has 17 heavy (non-hydrogen) atoms. The number of thioether (sulfide) groups is 1. The van der Waals surface area contributed by atoms with Crippen LogP contribution in [0.3, 0.4) is 0 Å². The molecule has 0 bridgehead atoms. The Hall–Kier alpha value is -1.27. The van der Waals surface area contributed by atoms with Gasteiger partial charge in [-0.25, -0.2) is 4.98 Å². The van der Waals surface area contributed by atoms with Crippen molar-refractivity contribution >= 4 is 11.8 Å². The standard InChI is InChI=1S/C11H16N2O2S.H3N/c1-3-5-7-16-11-12-9(14)8-10(15)13(11)6-4-2;/h4,8,14H,2-3,5-7H2,1H3;1H3. The van der Waals surface area contributed by atoms with Gasteiger partial charge in [0.05, 0.1) is 0 Å². The highest BCUT2D eigenvalue weighted by Gasteiger charge is 2.04. The lowest BCUT2D eigenvalue weighted by atomic mass is 10.4. The lowest BCUT2D eigenvalue weighted by Gasteiger charge is -2.12. The third-order valence-corrected chi connectivity index (χ3v) is 3.05. The van der Waals surface area contributed by atoms with Crippen molar-refractivity contribution in [2.75, 3.05) is 5.75 Å². The maximum atomic E-state index is 11.5. The molecule has 4 N–H and O–H groups in total. The summed E-state index contributed by atoms with van der Waals surface area (Å²) in [6, 6.07) is 1.01. The molecule has 1 heterocycles. The number of hydrogen-bond donors (Lipinski definition) is 1. The minimum atomic E-state index is -0.468. The first-order valence-electron chi connectivity index (χ1n) is 5.21. The first kappa shape index (κ1) is 15.7. The van der Waals surface area contributed by atoms with E-state index >= 15 is 0 Å². The third kappa shape index (κ3) is 4.62. The van der Waals surface area contributed by atoms with Crippen LogP contribution in [-0.4, -0.2) is 15.3 Å². The molecule has 0 atom stereocenters. The third-order valence-electron chi connectivity index (χ3n) is 1.99. The Morgan fingerprint density at radius 1 is 1.65 bits per heavy atom. The van der Waals surface area contributed by atoms with Gasteiger partial charge in [0.25, 0.3) is 5.56 Å². The molecule has 0 saturated heterocycles. The van der Waals surface area contributed by atoms with Gasteiger partial charge in [-0.05, 0) is 12.3 Å². The minimum absolute atomic E-state index is 0. The van der Waals surface area contributed by atoms with Crippen LogP contribution in [0.1, 0.15) is 19.8 Å². The van der Waals surface area contributed by atoms with Crippen LogP contribution < -0.4 is 16.8 Å². The zero-order chi connectivity index (χ0) is 12.0. The maximum absolute atomic E-state index is 11.5. The summed E-state index contributed by atoms with van der Waals surface area (Å²) < 4.78 is 1.47. The molecule has 1 aromatic heterocycles. The number of nitrogens with zero attached hydrogens (tertiary/aromatic N) is 2. The molecule has 6 heteroatoms. The zero-order valence-corrected chi connectivity index (χ0v) is 11.1. The molecule has 0 aliphatic rings. The van der Waals surface area contributed by atoms with Crippen molar-refractivity contribution in [3.63, 3.8) is 0 Å². The monoisotopic (exact) mass is 257 g/mol. The van der Waals surface area contributed by atoms with E-state index in [9.17, 15) is 9.90 Å². The second-order valence-electron chi connectivity index (χ2n) is 3.32. The summed E-state index contributed by atoms with van der Waals surface area (Å²) in [6.07, 6.45) is 3.74. The number of allylic oxidation sites excluding steroid dienone is 1. The Labute approximate surface area is 105 Å². The van der Waals surface area contributed by atoms with Crippen molar-refractivity contribution < 1.29 is 5.11 Å². The Kier molecular flexibility index (Phi) is 7.32. The molecule has 0 aliphatic carbocycles. The highest BCUT2D eigenvalue weighted by atomic mass is 32.2. The molecule has 0 spiro atoms. The van der Waals surface area contributed by atoms with E-state index in [-0.39, 0.29) is 11.7 Å². The summed E-state index contributed by atoms with van der Waals surface area (Å²) in [4.78, 5) is 15.4. The van der Waals surface area contributed by atoms with Gasteiger partial charge in [-0.2, -0.15) is 0 Å². The van der Waals surface area contributed by atoms with Crippen LogP contribution in [0.4, 0.5) is 0 Å². The van der Waals surface area contributed by atoms with E-state index in [1.807, 2.05) is 0 Å². The highest BCUT2D eigenvalue weighted by molar-refractivity contribution is 7.99. The number of hydrogen-bond acceptors (Lipinski definition) is 4. The van der Waals surface area contributed by atoms with Crippen LogP contribution in [0, 0.1) is 0 Å². The van der Waals surface area contributed by atoms with Crippen molar-refractivity contribution in [1.29, 1.82) is 0 Å². The van der Waals surface area contributed by atoms with E-state index in [0.29, 0.717) is 11.7 Å². The molecule has 1 aromatic rings. The number of rotatable bonds is 6. The number of aromatic nitrogens is 2. The van der Waals surface area contributed by atoms with Crippen LogP contribution in [0.2, 0.25) is 0 Å². The Bertz CT molecular complexity index is 418. The summed E-state index contributed by atoms with van der Waals surface area (Å²) in [6.45, 7) is 6.06. The fourth-order valence-electron chi connectivity index (χ4n) is 1.18. The smallest absolute Gasteiger partial charge is 0.253 e. The van der Waals surface area contributed by atoms with Gasteiger partial charge in [-0.15, -0.1) is 6.58 Å². The molecule has 0 aliphatic heterocycles. The minimum Gasteiger partial charge on any atom is -0.858 e. The normalized spacial score (nSPS) is 9.71. The molecule has 1 rings (SSSR count). The molecule has 5 nitrogen and oxygen atoms in total. The summed E-state index contributed by atoms with van der Waals surface area (Å²) in [5, 5.41) is 11.6. The summed E-state index contributed by atoms with van der Waals surface area (Å²) in [7, 11) is 0.